The number of benzene rings is 1. The van der Waals surface area contributed by atoms with Gasteiger partial charge in [-0.1, -0.05) is 0 Å². The van der Waals surface area contributed by atoms with Gasteiger partial charge in [-0.3, -0.25) is 4.40 Å². The Balaban J connectivity index is 1.94. The van der Waals surface area contributed by atoms with Crippen molar-refractivity contribution in [2.45, 2.75) is 13.8 Å². The molecule has 0 saturated carbocycles. The first-order chi connectivity index (χ1) is 11.5. The molecule has 2 aromatic heterocycles. The summed E-state index contributed by atoms with van der Waals surface area (Å²) in [5.41, 5.74) is 3.38. The molecule has 4 rings (SSSR count). The lowest BCUT2D eigenvalue weighted by atomic mass is 10.1. The highest BCUT2D eigenvalue weighted by Gasteiger charge is 2.20. The zero-order chi connectivity index (χ0) is 16.8. The van der Waals surface area contributed by atoms with Gasteiger partial charge in [-0.2, -0.15) is 0 Å². The van der Waals surface area contributed by atoms with Gasteiger partial charge in [0.2, 0.25) is 6.79 Å². The molecule has 6 nitrogen and oxygen atoms in total. The third kappa shape index (κ3) is 2.25. The van der Waals surface area contributed by atoms with Crippen molar-refractivity contribution >= 4 is 28.3 Å². The van der Waals surface area contributed by atoms with Gasteiger partial charge in [-0.25, -0.2) is 9.78 Å². The minimum Gasteiger partial charge on any atom is -0.478 e. The zero-order valence-corrected chi connectivity index (χ0v) is 13.9. The van der Waals surface area contributed by atoms with Crippen molar-refractivity contribution in [3.63, 3.8) is 0 Å². The molecule has 0 saturated heterocycles. The van der Waals surface area contributed by atoms with Crippen LogP contribution in [0.2, 0.25) is 0 Å². The minimum atomic E-state index is -0.994. The van der Waals surface area contributed by atoms with Crippen LogP contribution in [0, 0.1) is 13.8 Å². The van der Waals surface area contributed by atoms with Crippen LogP contribution in [0.1, 0.15) is 16.3 Å². The van der Waals surface area contributed by atoms with E-state index in [4.69, 9.17) is 19.6 Å². The molecule has 122 valence electrons. The normalized spacial score (nSPS) is 13.2. The fraction of sp³-hybridized carbons (Fsp3) is 0.176. The molecule has 1 aliphatic heterocycles. The van der Waals surface area contributed by atoms with Crippen molar-refractivity contribution < 1.29 is 19.4 Å². The molecular formula is C17H14N2O4S. The van der Waals surface area contributed by atoms with Crippen LogP contribution in [0.4, 0.5) is 0 Å². The SMILES string of the molecule is Cc1sc2nc(-c3ccc4c(c3)OCO4)c(/C=C/C(=O)O)n2c1C. The van der Waals surface area contributed by atoms with E-state index in [1.807, 2.05) is 36.4 Å². The second kappa shape index (κ2) is 5.38. The van der Waals surface area contributed by atoms with Gasteiger partial charge >= 0.3 is 5.97 Å². The number of carbonyl (C=O) groups is 1. The van der Waals surface area contributed by atoms with E-state index in [1.165, 1.54) is 0 Å². The fourth-order valence-corrected chi connectivity index (χ4v) is 3.71. The summed E-state index contributed by atoms with van der Waals surface area (Å²) in [7, 11) is 0. The minimum absolute atomic E-state index is 0.209. The van der Waals surface area contributed by atoms with Crippen LogP contribution in [0.15, 0.2) is 24.3 Å². The Hall–Kier alpha value is -2.80. The average molecular weight is 342 g/mol. The first-order valence-corrected chi connectivity index (χ1v) is 8.15. The molecule has 7 heteroatoms. The second-order valence-corrected chi connectivity index (χ2v) is 6.63. The molecule has 0 atom stereocenters. The van der Waals surface area contributed by atoms with Crippen LogP contribution in [0.3, 0.4) is 0 Å². The van der Waals surface area contributed by atoms with E-state index >= 15 is 0 Å². The Bertz CT molecular complexity index is 1000. The Kier molecular flexibility index (Phi) is 3.31. The average Bonchev–Trinajstić information content (AvgIpc) is 3.21. The summed E-state index contributed by atoms with van der Waals surface area (Å²) in [6, 6.07) is 5.61. The molecule has 0 fully saturated rings. The number of hydrogen-bond acceptors (Lipinski definition) is 5. The summed E-state index contributed by atoms with van der Waals surface area (Å²) in [5.74, 6) is 0.380. The molecule has 0 radical (unpaired) electrons. The van der Waals surface area contributed by atoms with Gasteiger partial charge < -0.3 is 14.6 Å². The van der Waals surface area contributed by atoms with Crippen LogP contribution < -0.4 is 9.47 Å². The number of fused-ring (bicyclic) bond motifs is 2. The number of aromatic nitrogens is 2. The number of aliphatic carboxylic acids is 1. The van der Waals surface area contributed by atoms with Crippen molar-refractivity contribution in [1.29, 1.82) is 0 Å². The van der Waals surface area contributed by atoms with Gasteiger partial charge in [-0.15, -0.1) is 11.3 Å². The number of aryl methyl sites for hydroxylation is 2. The second-order valence-electron chi connectivity index (χ2n) is 5.45. The summed E-state index contributed by atoms with van der Waals surface area (Å²) in [6.45, 7) is 4.24. The van der Waals surface area contributed by atoms with E-state index in [1.54, 1.807) is 17.4 Å². The Labute approximate surface area is 141 Å². The molecule has 0 aliphatic carbocycles. The van der Waals surface area contributed by atoms with Gasteiger partial charge in [0.15, 0.2) is 16.5 Å². The van der Waals surface area contributed by atoms with E-state index < -0.39 is 5.97 Å². The predicted molar refractivity (Wildman–Crippen MR) is 90.8 cm³/mol. The van der Waals surface area contributed by atoms with Gasteiger partial charge in [0.1, 0.15) is 0 Å². The standard InChI is InChI=1S/C17H14N2O4S/c1-9-10(2)24-17-18-16(12(19(9)17)4-6-15(20)21)11-3-5-13-14(7-11)23-8-22-13/h3-7H,8H2,1-2H3,(H,20,21)/b6-4+. The molecule has 1 aromatic carbocycles. The van der Waals surface area contributed by atoms with Gasteiger partial charge in [0.05, 0.1) is 11.4 Å². The maximum atomic E-state index is 11.0. The predicted octanol–water partition coefficient (Wildman–Crippen LogP) is 3.51. The number of thiazole rings is 1. The Morgan fingerprint density at radius 2 is 2.12 bits per heavy atom. The molecule has 3 heterocycles. The first kappa shape index (κ1) is 14.8. The summed E-state index contributed by atoms with van der Waals surface area (Å²) < 4.78 is 12.8. The topological polar surface area (TPSA) is 73.1 Å². The number of imidazole rings is 1. The van der Waals surface area contributed by atoms with E-state index in [0.717, 1.165) is 38.6 Å². The number of hydrogen-bond donors (Lipinski definition) is 1. The lowest BCUT2D eigenvalue weighted by molar-refractivity contribution is -0.131. The Morgan fingerprint density at radius 1 is 1.33 bits per heavy atom. The Morgan fingerprint density at radius 3 is 2.92 bits per heavy atom. The van der Waals surface area contributed by atoms with Crippen LogP contribution >= 0.6 is 11.3 Å². The van der Waals surface area contributed by atoms with Crippen LogP contribution in [-0.4, -0.2) is 27.3 Å². The largest absolute Gasteiger partial charge is 0.478 e. The quantitative estimate of drug-likeness (QED) is 0.738. The molecule has 1 aliphatic rings. The summed E-state index contributed by atoms with van der Waals surface area (Å²) >= 11 is 1.58. The van der Waals surface area contributed by atoms with Gasteiger partial charge in [0.25, 0.3) is 0 Å². The number of carboxylic acid groups (broad SMARTS) is 1. The number of carboxylic acids is 1. The van der Waals surface area contributed by atoms with Crippen molar-refractivity contribution in [2.75, 3.05) is 6.79 Å². The maximum absolute atomic E-state index is 11.0. The third-order valence-corrected chi connectivity index (χ3v) is 5.06. The number of rotatable bonds is 3. The highest BCUT2D eigenvalue weighted by Crippen LogP contribution is 2.38. The van der Waals surface area contributed by atoms with Crippen molar-refractivity contribution in [3.05, 3.63) is 40.5 Å². The van der Waals surface area contributed by atoms with Crippen molar-refractivity contribution in [2.24, 2.45) is 0 Å². The summed E-state index contributed by atoms with van der Waals surface area (Å²) in [4.78, 5) is 17.7. The van der Waals surface area contributed by atoms with E-state index in [-0.39, 0.29) is 6.79 Å². The monoisotopic (exact) mass is 342 g/mol. The molecule has 24 heavy (non-hydrogen) atoms. The fourth-order valence-electron chi connectivity index (χ4n) is 2.73. The summed E-state index contributed by atoms with van der Waals surface area (Å²) in [6.07, 6.45) is 2.72. The van der Waals surface area contributed by atoms with Gasteiger partial charge in [-0.05, 0) is 38.1 Å². The van der Waals surface area contributed by atoms with E-state index in [9.17, 15) is 4.79 Å². The third-order valence-electron chi connectivity index (χ3n) is 4.00. The molecular weight excluding hydrogens is 328 g/mol. The number of nitrogens with zero attached hydrogens (tertiary/aromatic N) is 2. The van der Waals surface area contributed by atoms with Crippen LogP contribution in [0.25, 0.3) is 22.3 Å². The van der Waals surface area contributed by atoms with Crippen molar-refractivity contribution in [3.8, 4) is 22.8 Å². The lowest BCUT2D eigenvalue weighted by Gasteiger charge is -2.03. The highest BCUT2D eigenvalue weighted by molar-refractivity contribution is 7.17. The zero-order valence-electron chi connectivity index (χ0n) is 13.1. The molecule has 0 amide bonds. The van der Waals surface area contributed by atoms with Crippen LogP contribution in [0.5, 0.6) is 11.5 Å². The molecule has 3 aromatic rings. The molecule has 0 spiro atoms. The van der Waals surface area contributed by atoms with E-state index in [2.05, 4.69) is 0 Å². The lowest BCUT2D eigenvalue weighted by Crippen LogP contribution is -1.93. The summed E-state index contributed by atoms with van der Waals surface area (Å²) in [5, 5.41) is 9.00. The van der Waals surface area contributed by atoms with Gasteiger partial charge in [0, 0.05) is 22.2 Å². The van der Waals surface area contributed by atoms with Crippen LogP contribution in [-0.2, 0) is 4.79 Å². The maximum Gasteiger partial charge on any atom is 0.328 e. The van der Waals surface area contributed by atoms with E-state index in [0.29, 0.717) is 11.5 Å². The molecule has 1 N–H and O–H groups in total. The van der Waals surface area contributed by atoms with Crippen molar-refractivity contribution in [1.82, 2.24) is 9.38 Å². The molecule has 0 bridgehead atoms. The number of ether oxygens (including phenoxy) is 2. The first-order valence-electron chi connectivity index (χ1n) is 7.34. The highest BCUT2D eigenvalue weighted by atomic mass is 32.1. The molecule has 0 unspecified atom stereocenters. The smallest absolute Gasteiger partial charge is 0.328 e.